The number of nitrogens with one attached hydrogen (secondary N) is 2. The molecule has 0 spiro atoms. The minimum atomic E-state index is -0.285. The van der Waals surface area contributed by atoms with Crippen molar-refractivity contribution in [3.8, 4) is 0 Å². The van der Waals surface area contributed by atoms with Gasteiger partial charge in [-0.15, -0.1) is 0 Å². The van der Waals surface area contributed by atoms with Crippen molar-refractivity contribution in [3.05, 3.63) is 47.2 Å². The van der Waals surface area contributed by atoms with Gasteiger partial charge in [0.05, 0.1) is 12.2 Å². The lowest BCUT2D eigenvalue weighted by Crippen LogP contribution is -2.30. The van der Waals surface area contributed by atoms with Gasteiger partial charge < -0.3 is 10.2 Å². The van der Waals surface area contributed by atoms with E-state index in [9.17, 15) is 9.59 Å². The van der Waals surface area contributed by atoms with Crippen LogP contribution in [0.4, 0.5) is 10.6 Å². The van der Waals surface area contributed by atoms with Crippen molar-refractivity contribution in [1.82, 2.24) is 20.0 Å². The van der Waals surface area contributed by atoms with E-state index in [0.717, 1.165) is 16.9 Å². The first-order valence-corrected chi connectivity index (χ1v) is 9.26. The quantitative estimate of drug-likeness (QED) is 0.821. The highest BCUT2D eigenvalue weighted by molar-refractivity contribution is 5.94. The van der Waals surface area contributed by atoms with Crippen LogP contribution >= 0.6 is 0 Å². The van der Waals surface area contributed by atoms with Crippen LogP contribution in [-0.4, -0.2) is 40.7 Å². The van der Waals surface area contributed by atoms with E-state index in [1.165, 1.54) is 17.7 Å². The van der Waals surface area contributed by atoms with Gasteiger partial charge in [0.15, 0.2) is 0 Å². The maximum absolute atomic E-state index is 12.4. The predicted molar refractivity (Wildman–Crippen MR) is 105 cm³/mol. The lowest BCUT2D eigenvalue weighted by Gasteiger charge is -2.16. The molecule has 144 valence electrons. The van der Waals surface area contributed by atoms with Gasteiger partial charge in [0.25, 0.3) is 5.91 Å². The Kier molecular flexibility index (Phi) is 5.48. The Morgan fingerprint density at radius 3 is 2.74 bits per heavy atom. The number of hydrogen-bond donors (Lipinski definition) is 2. The molecule has 2 N–H and O–H groups in total. The topological polar surface area (TPSA) is 79.3 Å². The van der Waals surface area contributed by atoms with Crippen LogP contribution in [0.5, 0.6) is 0 Å². The fourth-order valence-corrected chi connectivity index (χ4v) is 3.10. The molecule has 7 nitrogen and oxygen atoms in total. The van der Waals surface area contributed by atoms with Crippen LogP contribution in [0.2, 0.25) is 0 Å². The smallest absolute Gasteiger partial charge is 0.320 e. The standard InChI is InChI=1S/C20H27N5O2/c1-13-11-22-25(14(2)16-8-9-16)18(13)23-20(27)21-12-15-6-5-7-17(10-15)19(26)24(3)4/h5-7,10-11,14,16H,8-9,12H2,1-4H3,(H2,21,23,27)/t14-/m1/s1. The van der Waals surface area contributed by atoms with Crippen molar-refractivity contribution in [1.29, 1.82) is 0 Å². The lowest BCUT2D eigenvalue weighted by molar-refractivity contribution is 0.0827. The number of anilines is 1. The third-order valence-electron chi connectivity index (χ3n) is 4.93. The van der Waals surface area contributed by atoms with E-state index in [4.69, 9.17) is 0 Å². The van der Waals surface area contributed by atoms with Crippen molar-refractivity contribution in [2.24, 2.45) is 5.92 Å². The molecule has 1 saturated carbocycles. The summed E-state index contributed by atoms with van der Waals surface area (Å²) in [5.41, 5.74) is 2.41. The molecule has 3 amide bonds. The fraction of sp³-hybridized carbons (Fsp3) is 0.450. The zero-order chi connectivity index (χ0) is 19.6. The van der Waals surface area contributed by atoms with E-state index in [1.807, 2.05) is 23.7 Å². The molecule has 1 aromatic heterocycles. The van der Waals surface area contributed by atoms with Gasteiger partial charge in [0.1, 0.15) is 5.82 Å². The first-order valence-electron chi connectivity index (χ1n) is 9.26. The molecule has 0 saturated heterocycles. The Hall–Kier alpha value is -2.83. The molecule has 1 atom stereocenters. The molecule has 0 bridgehead atoms. The molecular formula is C20H27N5O2. The van der Waals surface area contributed by atoms with E-state index in [2.05, 4.69) is 22.7 Å². The van der Waals surface area contributed by atoms with Crippen LogP contribution in [0.1, 0.15) is 47.3 Å². The summed E-state index contributed by atoms with van der Waals surface area (Å²) < 4.78 is 1.91. The van der Waals surface area contributed by atoms with Gasteiger partial charge in [-0.05, 0) is 50.3 Å². The molecule has 0 radical (unpaired) electrons. The lowest BCUT2D eigenvalue weighted by atomic mass is 10.1. The van der Waals surface area contributed by atoms with Gasteiger partial charge in [-0.25, -0.2) is 9.48 Å². The Bertz CT molecular complexity index is 839. The summed E-state index contributed by atoms with van der Waals surface area (Å²) in [6.45, 7) is 4.42. The number of nitrogens with zero attached hydrogens (tertiary/aromatic N) is 3. The van der Waals surface area contributed by atoms with Gasteiger partial charge in [-0.3, -0.25) is 10.1 Å². The fourth-order valence-electron chi connectivity index (χ4n) is 3.10. The van der Waals surface area contributed by atoms with E-state index in [0.29, 0.717) is 18.0 Å². The van der Waals surface area contributed by atoms with Crippen molar-refractivity contribution in [2.75, 3.05) is 19.4 Å². The number of carbonyl (C=O) groups excluding carboxylic acids is 2. The number of carbonyl (C=O) groups is 2. The third kappa shape index (κ3) is 4.48. The Morgan fingerprint density at radius 1 is 1.33 bits per heavy atom. The summed E-state index contributed by atoms with van der Waals surface area (Å²) in [7, 11) is 3.43. The second kappa shape index (κ2) is 7.82. The van der Waals surface area contributed by atoms with Gasteiger partial charge >= 0.3 is 6.03 Å². The van der Waals surface area contributed by atoms with E-state index in [1.54, 1.807) is 32.4 Å². The summed E-state index contributed by atoms with van der Waals surface area (Å²) in [4.78, 5) is 26.0. The average molecular weight is 369 g/mol. The molecule has 1 fully saturated rings. The zero-order valence-electron chi connectivity index (χ0n) is 16.3. The number of amides is 3. The molecule has 1 aliphatic carbocycles. The average Bonchev–Trinajstić information content (AvgIpc) is 3.44. The van der Waals surface area contributed by atoms with Crippen LogP contribution in [0.15, 0.2) is 30.5 Å². The summed E-state index contributed by atoms with van der Waals surface area (Å²) in [5, 5.41) is 10.2. The van der Waals surface area contributed by atoms with E-state index < -0.39 is 0 Å². The highest BCUT2D eigenvalue weighted by atomic mass is 16.2. The van der Waals surface area contributed by atoms with Crippen LogP contribution in [0.25, 0.3) is 0 Å². The van der Waals surface area contributed by atoms with Crippen molar-refractivity contribution >= 4 is 17.8 Å². The van der Waals surface area contributed by atoms with Crippen molar-refractivity contribution in [2.45, 2.75) is 39.3 Å². The SMILES string of the molecule is Cc1cnn([C@H](C)C2CC2)c1NC(=O)NCc1cccc(C(=O)N(C)C)c1. The summed E-state index contributed by atoms with van der Waals surface area (Å²) in [5.74, 6) is 1.32. The zero-order valence-corrected chi connectivity index (χ0v) is 16.3. The molecule has 27 heavy (non-hydrogen) atoms. The van der Waals surface area contributed by atoms with Crippen LogP contribution in [0, 0.1) is 12.8 Å². The predicted octanol–water partition coefficient (Wildman–Crippen LogP) is 3.19. The van der Waals surface area contributed by atoms with Crippen molar-refractivity contribution < 1.29 is 9.59 Å². The Balaban J connectivity index is 1.62. The van der Waals surface area contributed by atoms with Gasteiger partial charge in [0.2, 0.25) is 0 Å². The minimum absolute atomic E-state index is 0.0603. The van der Waals surface area contributed by atoms with Crippen LogP contribution in [0.3, 0.4) is 0 Å². The molecule has 1 aromatic carbocycles. The van der Waals surface area contributed by atoms with Gasteiger partial charge in [-0.2, -0.15) is 5.10 Å². The summed E-state index contributed by atoms with van der Waals surface area (Å²) in [6.07, 6.45) is 4.21. The number of hydrogen-bond acceptors (Lipinski definition) is 3. The molecule has 0 unspecified atom stereocenters. The molecule has 7 heteroatoms. The highest BCUT2D eigenvalue weighted by Crippen LogP contribution is 2.40. The maximum Gasteiger partial charge on any atom is 0.320 e. The monoisotopic (exact) mass is 369 g/mol. The molecule has 3 rings (SSSR count). The van der Waals surface area contributed by atoms with Gasteiger partial charge in [-0.1, -0.05) is 12.1 Å². The van der Waals surface area contributed by atoms with Crippen molar-refractivity contribution in [3.63, 3.8) is 0 Å². The molecule has 0 aliphatic heterocycles. The number of benzene rings is 1. The number of urea groups is 1. The number of rotatable bonds is 6. The molecule has 1 heterocycles. The summed E-state index contributed by atoms with van der Waals surface area (Å²) >= 11 is 0. The van der Waals surface area contributed by atoms with Crippen LogP contribution < -0.4 is 10.6 Å². The number of aromatic nitrogens is 2. The second-order valence-corrected chi connectivity index (χ2v) is 7.41. The maximum atomic E-state index is 12.4. The first kappa shape index (κ1) is 18.9. The van der Waals surface area contributed by atoms with Gasteiger partial charge in [0, 0.05) is 31.8 Å². The Labute approximate surface area is 159 Å². The second-order valence-electron chi connectivity index (χ2n) is 7.41. The molecule has 2 aromatic rings. The largest absolute Gasteiger partial charge is 0.345 e. The molecular weight excluding hydrogens is 342 g/mol. The Morgan fingerprint density at radius 2 is 2.07 bits per heavy atom. The number of aryl methyl sites for hydroxylation is 1. The molecule has 1 aliphatic rings. The van der Waals surface area contributed by atoms with E-state index in [-0.39, 0.29) is 18.0 Å². The van der Waals surface area contributed by atoms with Crippen LogP contribution in [-0.2, 0) is 6.54 Å². The normalized spacial score (nSPS) is 14.5. The van der Waals surface area contributed by atoms with E-state index >= 15 is 0 Å². The summed E-state index contributed by atoms with van der Waals surface area (Å²) in [6, 6.07) is 7.27. The first-order chi connectivity index (χ1) is 12.9. The minimum Gasteiger partial charge on any atom is -0.345 e. The third-order valence-corrected chi connectivity index (χ3v) is 4.93. The highest BCUT2D eigenvalue weighted by Gasteiger charge is 2.31.